The molecule has 0 bridgehead atoms. The number of aromatic amines is 2. The van der Waals surface area contributed by atoms with Crippen molar-refractivity contribution in [1.29, 1.82) is 0 Å². The lowest BCUT2D eigenvalue weighted by atomic mass is 10.0. The molecule has 0 aliphatic rings. The Kier molecular flexibility index (Phi) is 3.28. The van der Waals surface area contributed by atoms with E-state index in [0.717, 1.165) is 23.1 Å². The van der Waals surface area contributed by atoms with Crippen LogP contribution in [-0.2, 0) is 0 Å². The molecule has 5 N–H and O–H groups in total. The van der Waals surface area contributed by atoms with Gasteiger partial charge in [0, 0.05) is 18.1 Å². The summed E-state index contributed by atoms with van der Waals surface area (Å²) in [5, 5.41) is 3.38. The van der Waals surface area contributed by atoms with Crippen molar-refractivity contribution in [2.75, 3.05) is 6.54 Å². The molecule has 5 heteroatoms. The number of rotatable bonds is 4. The number of nitrogens with one attached hydrogen (secondary N) is 3. The van der Waals surface area contributed by atoms with Crippen LogP contribution in [0.15, 0.2) is 23.0 Å². The van der Waals surface area contributed by atoms with Gasteiger partial charge in [-0.25, -0.2) is 4.79 Å². The summed E-state index contributed by atoms with van der Waals surface area (Å²) in [6, 6.07) is 6.09. The van der Waals surface area contributed by atoms with E-state index in [1.54, 1.807) is 0 Å². The quantitative estimate of drug-likeness (QED) is 0.656. The number of H-pyrrole nitrogens is 2. The highest BCUT2D eigenvalue weighted by Crippen LogP contribution is 2.17. The first-order chi connectivity index (χ1) is 8.35. The highest BCUT2D eigenvalue weighted by atomic mass is 16.1. The zero-order chi connectivity index (χ0) is 13.3. The van der Waals surface area contributed by atoms with E-state index in [0.29, 0.717) is 0 Å². The molecule has 0 saturated heterocycles. The second-order valence-electron chi connectivity index (χ2n) is 5.48. The molecule has 0 amide bonds. The van der Waals surface area contributed by atoms with E-state index in [-0.39, 0.29) is 17.3 Å². The van der Waals surface area contributed by atoms with Gasteiger partial charge in [-0.2, -0.15) is 0 Å². The van der Waals surface area contributed by atoms with Crippen molar-refractivity contribution < 1.29 is 0 Å². The van der Waals surface area contributed by atoms with Crippen LogP contribution >= 0.6 is 0 Å². The van der Waals surface area contributed by atoms with Crippen LogP contribution in [-0.4, -0.2) is 22.1 Å². The van der Waals surface area contributed by atoms with E-state index in [1.807, 2.05) is 32.0 Å². The number of nitrogens with two attached hydrogens (primary N) is 1. The topological polar surface area (TPSA) is 86.7 Å². The minimum absolute atomic E-state index is 0.175. The summed E-state index contributed by atoms with van der Waals surface area (Å²) < 4.78 is 0. The van der Waals surface area contributed by atoms with E-state index in [9.17, 15) is 4.79 Å². The third kappa shape index (κ3) is 3.00. The van der Waals surface area contributed by atoms with Gasteiger partial charge in [0.2, 0.25) is 0 Å². The zero-order valence-corrected chi connectivity index (χ0v) is 11.0. The van der Waals surface area contributed by atoms with Crippen LogP contribution in [0.3, 0.4) is 0 Å². The lowest BCUT2D eigenvalue weighted by molar-refractivity contribution is 0.435. The third-order valence-corrected chi connectivity index (χ3v) is 2.90. The van der Waals surface area contributed by atoms with E-state index in [1.165, 1.54) is 0 Å². The average molecular weight is 248 g/mol. The van der Waals surface area contributed by atoms with Gasteiger partial charge < -0.3 is 21.0 Å². The first-order valence-corrected chi connectivity index (χ1v) is 6.09. The second kappa shape index (κ2) is 4.59. The fourth-order valence-electron chi connectivity index (χ4n) is 1.85. The van der Waals surface area contributed by atoms with Gasteiger partial charge in [0.15, 0.2) is 0 Å². The largest absolute Gasteiger partial charge is 0.324 e. The number of aromatic nitrogens is 2. The summed E-state index contributed by atoms with van der Waals surface area (Å²) in [6.45, 7) is 6.78. The number of hydrogen-bond donors (Lipinski definition) is 4. The highest BCUT2D eigenvalue weighted by molar-refractivity contribution is 5.75. The SMILES string of the molecule is CC(NCC(C)(C)N)c1ccc2[nH]c(=O)[nH]c2c1. The molecule has 0 saturated carbocycles. The van der Waals surface area contributed by atoms with Crippen LogP contribution in [0.1, 0.15) is 32.4 Å². The summed E-state index contributed by atoms with van der Waals surface area (Å²) >= 11 is 0. The Bertz CT molecular complexity index is 591. The molecule has 98 valence electrons. The molecular weight excluding hydrogens is 228 g/mol. The summed E-state index contributed by atoms with van der Waals surface area (Å²) in [5.41, 5.74) is 8.32. The number of hydrogen-bond acceptors (Lipinski definition) is 3. The maximum Gasteiger partial charge on any atom is 0.323 e. The van der Waals surface area contributed by atoms with Crippen LogP contribution < -0.4 is 16.7 Å². The van der Waals surface area contributed by atoms with Gasteiger partial charge in [0.25, 0.3) is 0 Å². The zero-order valence-electron chi connectivity index (χ0n) is 11.0. The predicted molar refractivity (Wildman–Crippen MR) is 73.6 cm³/mol. The van der Waals surface area contributed by atoms with Gasteiger partial charge in [0.1, 0.15) is 0 Å². The lowest BCUT2D eigenvalue weighted by Crippen LogP contribution is -2.43. The van der Waals surface area contributed by atoms with Crippen LogP contribution in [0.25, 0.3) is 11.0 Å². The molecule has 1 aromatic heterocycles. The molecule has 1 heterocycles. The number of benzene rings is 1. The van der Waals surface area contributed by atoms with Crippen molar-refractivity contribution >= 4 is 11.0 Å². The van der Waals surface area contributed by atoms with Crippen LogP contribution in [0, 0.1) is 0 Å². The molecule has 1 unspecified atom stereocenters. The molecule has 18 heavy (non-hydrogen) atoms. The van der Waals surface area contributed by atoms with E-state index in [2.05, 4.69) is 22.2 Å². The van der Waals surface area contributed by atoms with Crippen molar-refractivity contribution in [2.24, 2.45) is 5.73 Å². The Morgan fingerprint density at radius 1 is 1.33 bits per heavy atom. The molecule has 1 aromatic carbocycles. The van der Waals surface area contributed by atoms with Crippen LogP contribution in [0.2, 0.25) is 0 Å². The van der Waals surface area contributed by atoms with E-state index >= 15 is 0 Å². The minimum Gasteiger partial charge on any atom is -0.324 e. The molecular formula is C13H20N4O. The summed E-state index contributed by atoms with van der Waals surface area (Å²) in [5.74, 6) is 0. The molecule has 2 aromatic rings. The van der Waals surface area contributed by atoms with E-state index in [4.69, 9.17) is 5.73 Å². The van der Waals surface area contributed by atoms with Gasteiger partial charge in [-0.1, -0.05) is 6.07 Å². The first-order valence-electron chi connectivity index (χ1n) is 6.09. The number of imidazole rings is 1. The third-order valence-electron chi connectivity index (χ3n) is 2.90. The Labute approximate surface area is 106 Å². The van der Waals surface area contributed by atoms with Crippen molar-refractivity contribution in [3.8, 4) is 0 Å². The molecule has 5 nitrogen and oxygen atoms in total. The summed E-state index contributed by atoms with van der Waals surface area (Å²) in [6.07, 6.45) is 0. The Morgan fingerprint density at radius 3 is 2.67 bits per heavy atom. The monoisotopic (exact) mass is 248 g/mol. The molecule has 0 spiro atoms. The molecule has 0 radical (unpaired) electrons. The van der Waals surface area contributed by atoms with Gasteiger partial charge in [-0.05, 0) is 38.5 Å². The van der Waals surface area contributed by atoms with Crippen molar-refractivity contribution in [2.45, 2.75) is 32.4 Å². The van der Waals surface area contributed by atoms with Gasteiger partial charge in [0.05, 0.1) is 11.0 Å². The molecule has 0 aliphatic carbocycles. The smallest absolute Gasteiger partial charge is 0.323 e. The average Bonchev–Trinajstić information content (AvgIpc) is 2.63. The fourth-order valence-corrected chi connectivity index (χ4v) is 1.85. The molecule has 1 atom stereocenters. The first kappa shape index (κ1) is 12.9. The van der Waals surface area contributed by atoms with Crippen molar-refractivity contribution in [3.63, 3.8) is 0 Å². The van der Waals surface area contributed by atoms with Gasteiger partial charge >= 0.3 is 5.69 Å². The highest BCUT2D eigenvalue weighted by Gasteiger charge is 2.13. The van der Waals surface area contributed by atoms with Crippen molar-refractivity contribution in [3.05, 3.63) is 34.2 Å². The lowest BCUT2D eigenvalue weighted by Gasteiger charge is -2.23. The molecule has 0 fully saturated rings. The second-order valence-corrected chi connectivity index (χ2v) is 5.48. The molecule has 0 aliphatic heterocycles. The van der Waals surface area contributed by atoms with Gasteiger partial charge in [-0.15, -0.1) is 0 Å². The summed E-state index contributed by atoms with van der Waals surface area (Å²) in [7, 11) is 0. The summed E-state index contributed by atoms with van der Waals surface area (Å²) in [4.78, 5) is 16.7. The normalized spacial score (nSPS) is 14.0. The van der Waals surface area contributed by atoms with Gasteiger partial charge in [-0.3, -0.25) is 0 Å². The van der Waals surface area contributed by atoms with Crippen molar-refractivity contribution in [1.82, 2.24) is 15.3 Å². The van der Waals surface area contributed by atoms with E-state index < -0.39 is 0 Å². The standard InChI is InChI=1S/C13H20N4O/c1-8(15-7-13(2,3)14)9-4-5-10-11(6-9)17-12(18)16-10/h4-6,8,15H,7,14H2,1-3H3,(H2,16,17,18). The maximum absolute atomic E-state index is 11.2. The Balaban J connectivity index is 2.17. The number of fused-ring (bicyclic) bond motifs is 1. The fraction of sp³-hybridized carbons (Fsp3) is 0.462. The Morgan fingerprint density at radius 2 is 2.00 bits per heavy atom. The Hall–Kier alpha value is -1.59. The van der Waals surface area contributed by atoms with Crippen LogP contribution in [0.4, 0.5) is 0 Å². The minimum atomic E-state index is -0.235. The molecule has 2 rings (SSSR count). The van der Waals surface area contributed by atoms with Crippen LogP contribution in [0.5, 0.6) is 0 Å². The predicted octanol–water partition coefficient (Wildman–Crippen LogP) is 1.24. The maximum atomic E-state index is 11.2.